The molecule has 0 atom stereocenters. The second kappa shape index (κ2) is 11.0. The first kappa shape index (κ1) is 30.0. The van der Waals surface area contributed by atoms with Crippen LogP contribution in [0.5, 0.6) is 0 Å². The summed E-state index contributed by atoms with van der Waals surface area (Å²) in [4.78, 5) is 28.7. The van der Waals surface area contributed by atoms with E-state index in [2.05, 4.69) is 147 Å². The Balaban J connectivity index is 1.06. The van der Waals surface area contributed by atoms with Crippen molar-refractivity contribution in [1.29, 1.82) is 0 Å². The van der Waals surface area contributed by atoms with E-state index in [9.17, 15) is 9.59 Å². The molecule has 0 radical (unpaired) electrons. The number of para-hydroxylation sites is 5. The normalized spacial score (nSPS) is 12.1. The van der Waals surface area contributed by atoms with Gasteiger partial charge in [0.25, 0.3) is 0 Å². The van der Waals surface area contributed by atoms with Crippen LogP contribution in [-0.4, -0.2) is 13.5 Å². The van der Waals surface area contributed by atoms with Crippen molar-refractivity contribution in [2.24, 2.45) is 0 Å². The Hall–Kier alpha value is -7.50. The highest BCUT2D eigenvalue weighted by molar-refractivity contribution is 6.12. The molecular formula is C50H29N3O2. The molecule has 0 aliphatic heterocycles. The highest BCUT2D eigenvalue weighted by Crippen LogP contribution is 2.36. The van der Waals surface area contributed by atoms with Gasteiger partial charge in [-0.15, -0.1) is 0 Å². The molecule has 0 bridgehead atoms. The molecule has 0 aliphatic rings. The minimum atomic E-state index is -0.0815. The molecule has 8 aromatic carbocycles. The average molecular weight is 704 g/mol. The molecule has 5 heteroatoms. The SMILES string of the molecule is O=c1c2cc(-c3ccc(-n4c5ccccc5c5ccccc54)cc3)ccc2n2c3ccc(-n4c5ccccc5c5ccccc54)cc3c(=O)c3cccc1c32. The lowest BCUT2D eigenvalue weighted by Gasteiger charge is -2.16. The molecule has 256 valence electrons. The largest absolute Gasteiger partial charge is 0.309 e. The summed E-state index contributed by atoms with van der Waals surface area (Å²) in [7, 11) is 0. The van der Waals surface area contributed by atoms with Gasteiger partial charge in [0.1, 0.15) is 0 Å². The first-order valence-corrected chi connectivity index (χ1v) is 18.5. The summed E-state index contributed by atoms with van der Waals surface area (Å²) in [6.45, 7) is 0. The fraction of sp³-hybridized carbons (Fsp3) is 0. The number of rotatable bonds is 3. The Morgan fingerprint density at radius 3 is 1.22 bits per heavy atom. The molecule has 0 fully saturated rings. The number of benzene rings is 8. The zero-order valence-corrected chi connectivity index (χ0v) is 29.4. The van der Waals surface area contributed by atoms with Gasteiger partial charge in [0.15, 0.2) is 10.9 Å². The van der Waals surface area contributed by atoms with Crippen LogP contribution >= 0.6 is 0 Å². The molecule has 5 nitrogen and oxygen atoms in total. The van der Waals surface area contributed by atoms with Gasteiger partial charge in [0, 0.05) is 54.5 Å². The van der Waals surface area contributed by atoms with Crippen LogP contribution in [0.3, 0.4) is 0 Å². The van der Waals surface area contributed by atoms with E-state index in [-0.39, 0.29) is 10.9 Å². The van der Waals surface area contributed by atoms with E-state index in [1.54, 1.807) is 0 Å². The highest BCUT2D eigenvalue weighted by atomic mass is 16.1. The predicted molar refractivity (Wildman–Crippen MR) is 228 cm³/mol. The molecule has 0 amide bonds. The summed E-state index contributed by atoms with van der Waals surface area (Å²) in [5.74, 6) is 0. The van der Waals surface area contributed by atoms with Crippen LogP contribution in [0.15, 0.2) is 186 Å². The van der Waals surface area contributed by atoms with Crippen molar-refractivity contribution in [3.8, 4) is 22.5 Å². The van der Waals surface area contributed by atoms with E-state index < -0.39 is 0 Å². The Bertz CT molecular complexity index is 3590. The van der Waals surface area contributed by atoms with Crippen molar-refractivity contribution >= 4 is 81.7 Å². The van der Waals surface area contributed by atoms with E-state index in [0.29, 0.717) is 27.1 Å². The number of hydrogen-bond acceptors (Lipinski definition) is 2. The quantitative estimate of drug-likeness (QED) is 0.136. The van der Waals surface area contributed by atoms with Crippen molar-refractivity contribution < 1.29 is 0 Å². The van der Waals surface area contributed by atoms with Crippen LogP contribution in [0.1, 0.15) is 0 Å². The fourth-order valence-electron chi connectivity index (χ4n) is 9.15. The molecule has 4 aromatic heterocycles. The summed E-state index contributed by atoms with van der Waals surface area (Å²) in [5.41, 5.74) is 10.5. The maximum atomic E-state index is 14.4. The molecule has 0 saturated heterocycles. The molecule has 0 unspecified atom stereocenters. The number of aromatic nitrogens is 3. The third-order valence-corrected chi connectivity index (χ3v) is 11.6. The van der Waals surface area contributed by atoms with Gasteiger partial charge in [-0.25, -0.2) is 0 Å². The standard InChI is InChI=1S/C50H29N3O2/c54-49-38-14-9-15-39-48(38)53(47-27-25-33(29-41(47)50(39)55)52-44-18-7-3-12-36(44)37-13-4-8-19-45(37)52)46-26-22-31(28-40(46)49)30-20-23-32(24-21-30)51-42-16-5-1-10-34(42)35-11-2-6-17-43(35)51/h1-29H. The van der Waals surface area contributed by atoms with Crippen LogP contribution in [0.25, 0.3) is 104 Å². The summed E-state index contributed by atoms with van der Waals surface area (Å²) in [6.07, 6.45) is 0. The van der Waals surface area contributed by atoms with E-state index in [1.165, 1.54) is 10.8 Å². The van der Waals surface area contributed by atoms with Gasteiger partial charge < -0.3 is 13.5 Å². The minimum Gasteiger partial charge on any atom is -0.309 e. The van der Waals surface area contributed by atoms with Crippen molar-refractivity contribution in [2.75, 3.05) is 0 Å². The number of pyridine rings is 2. The van der Waals surface area contributed by atoms with Crippen LogP contribution in [0.4, 0.5) is 0 Å². The Morgan fingerprint density at radius 2 is 0.691 bits per heavy atom. The molecule has 4 heterocycles. The molecule has 12 rings (SSSR count). The second-order valence-electron chi connectivity index (χ2n) is 14.4. The smallest absolute Gasteiger partial charge is 0.197 e. The van der Waals surface area contributed by atoms with Gasteiger partial charge in [0.05, 0.1) is 38.6 Å². The monoisotopic (exact) mass is 703 g/mol. The van der Waals surface area contributed by atoms with Crippen LogP contribution in [0, 0.1) is 0 Å². The Labute approximate surface area is 313 Å². The average Bonchev–Trinajstić information content (AvgIpc) is 3.76. The fourth-order valence-corrected chi connectivity index (χ4v) is 9.15. The van der Waals surface area contributed by atoms with E-state index >= 15 is 0 Å². The predicted octanol–water partition coefficient (Wildman–Crippen LogP) is 11.4. The molecule has 12 aromatic rings. The second-order valence-corrected chi connectivity index (χ2v) is 14.4. The van der Waals surface area contributed by atoms with Crippen molar-refractivity contribution in [3.05, 3.63) is 196 Å². The zero-order chi connectivity index (χ0) is 36.4. The Morgan fingerprint density at radius 1 is 0.291 bits per heavy atom. The maximum absolute atomic E-state index is 14.4. The van der Waals surface area contributed by atoms with Crippen LogP contribution < -0.4 is 10.9 Å². The molecule has 0 saturated carbocycles. The van der Waals surface area contributed by atoms with Gasteiger partial charge in [-0.05, 0) is 90.0 Å². The maximum Gasteiger partial charge on any atom is 0.197 e. The lowest BCUT2D eigenvalue weighted by Crippen LogP contribution is -2.14. The molecule has 0 aliphatic carbocycles. The molecule has 0 spiro atoms. The van der Waals surface area contributed by atoms with Gasteiger partial charge in [-0.3, -0.25) is 9.59 Å². The molecule has 0 N–H and O–H groups in total. The molecular weight excluding hydrogens is 675 g/mol. The Kier molecular flexibility index (Phi) is 6.01. The lowest BCUT2D eigenvalue weighted by molar-refractivity contribution is 1.18. The van der Waals surface area contributed by atoms with Crippen molar-refractivity contribution in [1.82, 2.24) is 13.5 Å². The third-order valence-electron chi connectivity index (χ3n) is 11.6. The minimum absolute atomic E-state index is 0.0787. The first-order chi connectivity index (χ1) is 27.1. The summed E-state index contributed by atoms with van der Waals surface area (Å²) >= 11 is 0. The number of fused-ring (bicyclic) bond motifs is 10. The van der Waals surface area contributed by atoms with Gasteiger partial charge in [-0.2, -0.15) is 0 Å². The third kappa shape index (κ3) is 4.07. The topological polar surface area (TPSA) is 48.4 Å². The van der Waals surface area contributed by atoms with Crippen molar-refractivity contribution in [3.63, 3.8) is 0 Å². The lowest BCUT2D eigenvalue weighted by atomic mass is 9.99. The highest BCUT2D eigenvalue weighted by Gasteiger charge is 2.20. The van der Waals surface area contributed by atoms with Crippen LogP contribution in [0.2, 0.25) is 0 Å². The van der Waals surface area contributed by atoms with E-state index in [0.717, 1.165) is 66.4 Å². The number of hydrogen-bond donors (Lipinski definition) is 0. The summed E-state index contributed by atoms with van der Waals surface area (Å²) in [6, 6.07) is 60.1. The van der Waals surface area contributed by atoms with Crippen molar-refractivity contribution in [2.45, 2.75) is 0 Å². The summed E-state index contributed by atoms with van der Waals surface area (Å²) < 4.78 is 6.65. The molecule has 55 heavy (non-hydrogen) atoms. The van der Waals surface area contributed by atoms with Gasteiger partial charge in [0.2, 0.25) is 0 Å². The number of nitrogens with zero attached hydrogens (tertiary/aromatic N) is 3. The summed E-state index contributed by atoms with van der Waals surface area (Å²) in [5, 5.41) is 7.07. The van der Waals surface area contributed by atoms with Gasteiger partial charge >= 0.3 is 0 Å². The van der Waals surface area contributed by atoms with E-state index in [4.69, 9.17) is 0 Å². The zero-order valence-electron chi connectivity index (χ0n) is 29.4. The van der Waals surface area contributed by atoms with E-state index in [1.807, 2.05) is 42.5 Å². The first-order valence-electron chi connectivity index (χ1n) is 18.5. The van der Waals surface area contributed by atoms with Gasteiger partial charge in [-0.1, -0.05) is 97.1 Å². The van der Waals surface area contributed by atoms with Crippen LogP contribution in [-0.2, 0) is 0 Å².